The average Bonchev–Trinajstić information content (AvgIpc) is 3.26. The van der Waals surface area contributed by atoms with Crippen molar-refractivity contribution in [2.75, 3.05) is 18.5 Å². The number of fused-ring (bicyclic) bond motifs is 1. The van der Waals surface area contributed by atoms with Crippen LogP contribution in [0.2, 0.25) is 0 Å². The number of rotatable bonds is 4. The first-order valence-corrected chi connectivity index (χ1v) is 7.83. The molecule has 5 heteroatoms. The van der Waals surface area contributed by atoms with Crippen LogP contribution in [0.15, 0.2) is 24.7 Å². The van der Waals surface area contributed by atoms with Gasteiger partial charge in [-0.15, -0.1) is 0 Å². The molecule has 110 valence electrons. The molecule has 0 bridgehead atoms. The number of aryl methyl sites for hydroxylation is 1. The zero-order valence-electron chi connectivity index (χ0n) is 12.4. The van der Waals surface area contributed by atoms with E-state index >= 15 is 0 Å². The molecule has 0 radical (unpaired) electrons. The highest BCUT2D eigenvalue weighted by atomic mass is 15.2. The standard InChI is InChI=1S/C16H21N5/c1-20(15-6-7-18-16(19-15)13-3-4-13)10-12-2-5-14-17-8-9-21(14)11-12/h6-9,12-13H,2-5,10-11H2,1H3/t12-/m1/s1. The van der Waals surface area contributed by atoms with Gasteiger partial charge in [0.05, 0.1) is 0 Å². The van der Waals surface area contributed by atoms with Crippen molar-refractivity contribution >= 4 is 5.82 Å². The smallest absolute Gasteiger partial charge is 0.133 e. The van der Waals surface area contributed by atoms with E-state index in [1.54, 1.807) is 0 Å². The summed E-state index contributed by atoms with van der Waals surface area (Å²) in [5, 5.41) is 0. The predicted octanol–water partition coefficient (Wildman–Crippen LogP) is 2.25. The molecular formula is C16H21N5. The van der Waals surface area contributed by atoms with Gasteiger partial charge in [0.1, 0.15) is 17.5 Å². The van der Waals surface area contributed by atoms with Crippen molar-refractivity contribution in [1.82, 2.24) is 19.5 Å². The fourth-order valence-corrected chi connectivity index (χ4v) is 3.18. The lowest BCUT2D eigenvalue weighted by atomic mass is 9.99. The first-order valence-electron chi connectivity index (χ1n) is 7.83. The Morgan fingerprint density at radius 2 is 2.14 bits per heavy atom. The predicted molar refractivity (Wildman–Crippen MR) is 81.3 cm³/mol. The summed E-state index contributed by atoms with van der Waals surface area (Å²) < 4.78 is 2.29. The van der Waals surface area contributed by atoms with Crippen LogP contribution in [-0.4, -0.2) is 33.1 Å². The molecule has 5 nitrogen and oxygen atoms in total. The van der Waals surface area contributed by atoms with Crippen LogP contribution < -0.4 is 4.90 Å². The lowest BCUT2D eigenvalue weighted by Crippen LogP contribution is -2.32. The van der Waals surface area contributed by atoms with Gasteiger partial charge in [-0.2, -0.15) is 0 Å². The summed E-state index contributed by atoms with van der Waals surface area (Å²) in [5.41, 5.74) is 0. The van der Waals surface area contributed by atoms with E-state index in [4.69, 9.17) is 4.98 Å². The molecule has 21 heavy (non-hydrogen) atoms. The van der Waals surface area contributed by atoms with Gasteiger partial charge in [-0.05, 0) is 31.2 Å². The molecule has 1 aliphatic heterocycles. The maximum atomic E-state index is 4.73. The molecule has 0 spiro atoms. The summed E-state index contributed by atoms with van der Waals surface area (Å²) in [6.45, 7) is 2.11. The normalized spacial score (nSPS) is 21.1. The lowest BCUT2D eigenvalue weighted by Gasteiger charge is -2.28. The molecule has 1 saturated carbocycles. The largest absolute Gasteiger partial charge is 0.359 e. The first kappa shape index (κ1) is 12.8. The van der Waals surface area contributed by atoms with Crippen LogP contribution in [0.4, 0.5) is 5.82 Å². The second-order valence-corrected chi connectivity index (χ2v) is 6.33. The Morgan fingerprint density at radius 3 is 3.00 bits per heavy atom. The van der Waals surface area contributed by atoms with E-state index in [2.05, 4.69) is 32.7 Å². The van der Waals surface area contributed by atoms with Crippen molar-refractivity contribution in [3.05, 3.63) is 36.3 Å². The van der Waals surface area contributed by atoms with Gasteiger partial charge in [-0.1, -0.05) is 0 Å². The third kappa shape index (κ3) is 2.64. The van der Waals surface area contributed by atoms with Crippen LogP contribution in [0.5, 0.6) is 0 Å². The lowest BCUT2D eigenvalue weighted by molar-refractivity contribution is 0.368. The van der Waals surface area contributed by atoms with Gasteiger partial charge in [-0.3, -0.25) is 0 Å². The number of hydrogen-bond acceptors (Lipinski definition) is 4. The van der Waals surface area contributed by atoms with Crippen LogP contribution >= 0.6 is 0 Å². The molecule has 1 aliphatic carbocycles. The molecule has 0 amide bonds. The van der Waals surface area contributed by atoms with E-state index in [0.717, 1.165) is 31.2 Å². The van der Waals surface area contributed by atoms with Crippen molar-refractivity contribution in [1.29, 1.82) is 0 Å². The van der Waals surface area contributed by atoms with Gasteiger partial charge in [0.25, 0.3) is 0 Å². The van der Waals surface area contributed by atoms with E-state index in [1.807, 2.05) is 18.5 Å². The molecule has 0 N–H and O–H groups in total. The van der Waals surface area contributed by atoms with Crippen LogP contribution in [0.1, 0.15) is 36.8 Å². The van der Waals surface area contributed by atoms with Crippen molar-refractivity contribution < 1.29 is 0 Å². The average molecular weight is 283 g/mol. The van der Waals surface area contributed by atoms with Crippen molar-refractivity contribution in [2.24, 2.45) is 5.92 Å². The third-order valence-corrected chi connectivity index (χ3v) is 4.56. The fraction of sp³-hybridized carbons (Fsp3) is 0.562. The number of nitrogens with zero attached hydrogens (tertiary/aromatic N) is 5. The molecule has 0 unspecified atom stereocenters. The molecule has 3 heterocycles. The zero-order chi connectivity index (χ0) is 14.2. The van der Waals surface area contributed by atoms with E-state index in [1.165, 1.54) is 25.1 Å². The second kappa shape index (κ2) is 5.13. The van der Waals surface area contributed by atoms with Gasteiger partial charge >= 0.3 is 0 Å². The van der Waals surface area contributed by atoms with Crippen molar-refractivity contribution in [3.8, 4) is 0 Å². The van der Waals surface area contributed by atoms with E-state index in [-0.39, 0.29) is 0 Å². The Labute approximate surface area is 125 Å². The van der Waals surface area contributed by atoms with Gasteiger partial charge in [-0.25, -0.2) is 15.0 Å². The van der Waals surface area contributed by atoms with Gasteiger partial charge in [0.15, 0.2) is 0 Å². The second-order valence-electron chi connectivity index (χ2n) is 6.33. The van der Waals surface area contributed by atoms with Gasteiger partial charge in [0.2, 0.25) is 0 Å². The SMILES string of the molecule is CN(C[C@H]1CCc2nccn2C1)c1ccnc(C2CC2)n1. The molecular weight excluding hydrogens is 262 g/mol. The minimum Gasteiger partial charge on any atom is -0.359 e. The van der Waals surface area contributed by atoms with E-state index in [9.17, 15) is 0 Å². The molecule has 0 aromatic carbocycles. The third-order valence-electron chi connectivity index (χ3n) is 4.56. The maximum absolute atomic E-state index is 4.73. The number of imidazole rings is 1. The van der Waals surface area contributed by atoms with Crippen LogP contribution in [0, 0.1) is 5.92 Å². The highest BCUT2D eigenvalue weighted by Gasteiger charge is 2.27. The Hall–Kier alpha value is -1.91. The molecule has 1 atom stereocenters. The van der Waals surface area contributed by atoms with Gasteiger partial charge < -0.3 is 9.47 Å². The Morgan fingerprint density at radius 1 is 1.24 bits per heavy atom. The summed E-state index contributed by atoms with van der Waals surface area (Å²) >= 11 is 0. The summed E-state index contributed by atoms with van der Waals surface area (Å²) in [5.74, 6) is 4.59. The van der Waals surface area contributed by atoms with Crippen molar-refractivity contribution in [3.63, 3.8) is 0 Å². The zero-order valence-corrected chi connectivity index (χ0v) is 12.4. The quantitative estimate of drug-likeness (QED) is 0.863. The van der Waals surface area contributed by atoms with E-state index in [0.29, 0.717) is 11.8 Å². The van der Waals surface area contributed by atoms with E-state index < -0.39 is 0 Å². The Balaban J connectivity index is 1.44. The molecule has 2 aliphatic rings. The number of hydrogen-bond donors (Lipinski definition) is 0. The van der Waals surface area contributed by atoms with Crippen LogP contribution in [-0.2, 0) is 13.0 Å². The monoisotopic (exact) mass is 283 g/mol. The summed E-state index contributed by atoms with van der Waals surface area (Å²) in [7, 11) is 2.14. The number of aromatic nitrogens is 4. The van der Waals surface area contributed by atoms with Gasteiger partial charge in [0, 0.05) is 51.1 Å². The number of anilines is 1. The molecule has 4 rings (SSSR count). The first-order chi connectivity index (χ1) is 10.3. The minimum absolute atomic E-state index is 0.613. The topological polar surface area (TPSA) is 46.8 Å². The summed E-state index contributed by atoms with van der Waals surface area (Å²) in [6.07, 6.45) is 10.7. The molecule has 2 aromatic rings. The summed E-state index contributed by atoms with van der Waals surface area (Å²) in [6, 6.07) is 2.03. The molecule has 0 saturated heterocycles. The molecule has 1 fully saturated rings. The maximum Gasteiger partial charge on any atom is 0.133 e. The van der Waals surface area contributed by atoms with Crippen LogP contribution in [0.25, 0.3) is 0 Å². The highest BCUT2D eigenvalue weighted by Crippen LogP contribution is 2.38. The van der Waals surface area contributed by atoms with Crippen molar-refractivity contribution in [2.45, 2.75) is 38.1 Å². The highest BCUT2D eigenvalue weighted by molar-refractivity contribution is 5.37. The van der Waals surface area contributed by atoms with Crippen LogP contribution in [0.3, 0.4) is 0 Å². The summed E-state index contributed by atoms with van der Waals surface area (Å²) in [4.78, 5) is 15.8. The fourth-order valence-electron chi connectivity index (χ4n) is 3.18. The Bertz CT molecular complexity index is 631. The Kier molecular flexibility index (Phi) is 3.13. The minimum atomic E-state index is 0.613. The molecule has 2 aromatic heterocycles.